The Balaban J connectivity index is 1.84. The topological polar surface area (TPSA) is 55.3 Å². The lowest BCUT2D eigenvalue weighted by Crippen LogP contribution is -2.24. The van der Waals surface area contributed by atoms with Crippen LogP contribution in [0.15, 0.2) is 36.7 Å². The van der Waals surface area contributed by atoms with Crippen molar-refractivity contribution in [3.05, 3.63) is 47.9 Å². The highest BCUT2D eigenvalue weighted by atomic mass is 19.3. The molecule has 2 aromatic rings. The van der Waals surface area contributed by atoms with Crippen molar-refractivity contribution in [1.82, 2.24) is 14.9 Å². The molecule has 7 heteroatoms. The Kier molecular flexibility index (Phi) is 4.17. The molecule has 24 heavy (non-hydrogen) atoms. The summed E-state index contributed by atoms with van der Waals surface area (Å²) in [5, 5.41) is 0. The van der Waals surface area contributed by atoms with Crippen molar-refractivity contribution in [2.45, 2.75) is 32.4 Å². The number of benzene rings is 1. The average molecular weight is 333 g/mol. The maximum Gasteiger partial charge on any atom is 0.410 e. The zero-order valence-corrected chi connectivity index (χ0v) is 13.4. The molecule has 1 fully saturated rings. The van der Waals surface area contributed by atoms with E-state index in [2.05, 4.69) is 9.97 Å². The summed E-state index contributed by atoms with van der Waals surface area (Å²) in [7, 11) is 0. The molecule has 1 amide bonds. The van der Waals surface area contributed by atoms with Gasteiger partial charge in [0.2, 0.25) is 0 Å². The number of aromatic nitrogens is 2. The monoisotopic (exact) mass is 333 g/mol. The van der Waals surface area contributed by atoms with Gasteiger partial charge in [0.25, 0.3) is 5.92 Å². The zero-order chi connectivity index (χ0) is 17.3. The van der Waals surface area contributed by atoms with E-state index >= 15 is 0 Å². The van der Waals surface area contributed by atoms with Crippen LogP contribution in [0.4, 0.5) is 13.6 Å². The third-order valence-corrected chi connectivity index (χ3v) is 3.74. The van der Waals surface area contributed by atoms with Crippen LogP contribution < -0.4 is 0 Å². The molecule has 5 nitrogen and oxygen atoms in total. The van der Waals surface area contributed by atoms with Gasteiger partial charge in [-0.25, -0.2) is 18.6 Å². The number of nitrogens with zero attached hydrogens (tertiary/aromatic N) is 3. The third kappa shape index (κ3) is 3.50. The third-order valence-electron chi connectivity index (χ3n) is 3.74. The van der Waals surface area contributed by atoms with E-state index in [9.17, 15) is 13.6 Å². The predicted molar refractivity (Wildman–Crippen MR) is 83.4 cm³/mol. The highest BCUT2D eigenvalue weighted by Gasteiger charge is 2.28. The predicted octanol–water partition coefficient (Wildman–Crippen LogP) is 3.60. The van der Waals surface area contributed by atoms with Crippen molar-refractivity contribution in [2.75, 3.05) is 6.54 Å². The average Bonchev–Trinajstić information content (AvgIpc) is 2.84. The first-order valence-electron chi connectivity index (χ1n) is 7.58. The van der Waals surface area contributed by atoms with Crippen LogP contribution in [-0.4, -0.2) is 33.6 Å². The molecule has 126 valence electrons. The second-order valence-corrected chi connectivity index (χ2v) is 5.94. The van der Waals surface area contributed by atoms with Gasteiger partial charge >= 0.3 is 6.09 Å². The fourth-order valence-electron chi connectivity index (χ4n) is 2.57. The summed E-state index contributed by atoms with van der Waals surface area (Å²) < 4.78 is 32.0. The molecular weight excluding hydrogens is 316 g/mol. The second-order valence-electron chi connectivity index (χ2n) is 5.94. The van der Waals surface area contributed by atoms with Gasteiger partial charge in [0, 0.05) is 18.1 Å². The van der Waals surface area contributed by atoms with Crippen molar-refractivity contribution in [2.24, 2.45) is 0 Å². The van der Waals surface area contributed by atoms with E-state index in [0.29, 0.717) is 23.5 Å². The Morgan fingerprint density at radius 3 is 2.83 bits per heavy atom. The van der Waals surface area contributed by atoms with Gasteiger partial charge in [-0.15, -0.1) is 0 Å². The molecule has 3 rings (SSSR count). The number of carbonyl (C=O) groups excluding carboxylic acids is 1. The molecule has 0 spiro atoms. The maximum atomic E-state index is 13.5. The fraction of sp³-hybridized carbons (Fsp3) is 0.353. The van der Waals surface area contributed by atoms with Crippen LogP contribution in [0.2, 0.25) is 0 Å². The van der Waals surface area contributed by atoms with Crippen LogP contribution in [0.3, 0.4) is 0 Å². The second kappa shape index (κ2) is 6.14. The van der Waals surface area contributed by atoms with E-state index in [1.165, 1.54) is 23.2 Å². The molecule has 1 unspecified atom stereocenters. The highest BCUT2D eigenvalue weighted by Crippen LogP contribution is 2.29. The molecule has 0 saturated carbocycles. The molecule has 1 aliphatic heterocycles. The molecule has 0 aliphatic carbocycles. The minimum atomic E-state index is -2.92. The molecule has 0 N–H and O–H groups in total. The van der Waals surface area contributed by atoms with E-state index < -0.39 is 5.92 Å². The Labute approximate surface area is 138 Å². The summed E-state index contributed by atoms with van der Waals surface area (Å²) >= 11 is 0. The van der Waals surface area contributed by atoms with Crippen molar-refractivity contribution >= 4 is 6.09 Å². The minimum absolute atomic E-state index is 0.0795. The number of rotatable bonds is 4. The Bertz CT molecular complexity index is 761. The number of cyclic esters (lactones) is 1. The summed E-state index contributed by atoms with van der Waals surface area (Å²) in [6, 6.07) is 6.05. The Morgan fingerprint density at radius 2 is 2.17 bits per heavy atom. The summed E-state index contributed by atoms with van der Waals surface area (Å²) in [6.07, 6.45) is 2.53. The van der Waals surface area contributed by atoms with E-state index in [1.54, 1.807) is 18.3 Å². The quantitative estimate of drug-likeness (QED) is 0.858. The van der Waals surface area contributed by atoms with Gasteiger partial charge in [0.15, 0.2) is 0 Å². The van der Waals surface area contributed by atoms with Gasteiger partial charge in [0.05, 0.1) is 36.9 Å². The highest BCUT2D eigenvalue weighted by molar-refractivity contribution is 5.69. The van der Waals surface area contributed by atoms with E-state index in [0.717, 1.165) is 6.92 Å². The standard InChI is InChI=1S/C17H17F2N3O2/c1-11-9-22(16(23)24-11)10-14-7-20-8-15(21-14)12-4-3-5-13(6-12)17(2,18)19/h3-8,11H,9-10H2,1-2H3. The van der Waals surface area contributed by atoms with E-state index in [-0.39, 0.29) is 24.3 Å². The molecule has 0 radical (unpaired) electrons. The molecule has 1 saturated heterocycles. The van der Waals surface area contributed by atoms with Crippen LogP contribution in [0.25, 0.3) is 11.3 Å². The normalized spacial score (nSPS) is 17.9. The number of hydrogen-bond donors (Lipinski definition) is 0. The number of hydrogen-bond acceptors (Lipinski definition) is 4. The smallest absolute Gasteiger partial charge is 0.410 e. The summed E-state index contributed by atoms with van der Waals surface area (Å²) in [6.45, 7) is 3.43. The van der Waals surface area contributed by atoms with Gasteiger partial charge in [-0.05, 0) is 13.0 Å². The van der Waals surface area contributed by atoms with Crippen LogP contribution >= 0.6 is 0 Å². The van der Waals surface area contributed by atoms with Crippen molar-refractivity contribution in [1.29, 1.82) is 0 Å². The molecule has 2 heterocycles. The minimum Gasteiger partial charge on any atom is -0.444 e. The van der Waals surface area contributed by atoms with Gasteiger partial charge < -0.3 is 4.74 Å². The maximum absolute atomic E-state index is 13.5. The lowest BCUT2D eigenvalue weighted by molar-refractivity contribution is 0.0175. The fourth-order valence-corrected chi connectivity index (χ4v) is 2.57. The Morgan fingerprint density at radius 1 is 1.38 bits per heavy atom. The first kappa shape index (κ1) is 16.3. The molecule has 1 aliphatic rings. The van der Waals surface area contributed by atoms with Gasteiger partial charge in [-0.3, -0.25) is 9.88 Å². The lowest BCUT2D eigenvalue weighted by atomic mass is 10.0. The molecule has 0 bridgehead atoms. The van der Waals surface area contributed by atoms with Crippen LogP contribution in [0.1, 0.15) is 25.1 Å². The SMILES string of the molecule is CC1CN(Cc2cncc(-c3cccc(C(C)(F)F)c3)n2)C(=O)O1. The number of amides is 1. The van der Waals surface area contributed by atoms with Crippen molar-refractivity contribution in [3.8, 4) is 11.3 Å². The van der Waals surface area contributed by atoms with Crippen LogP contribution in [-0.2, 0) is 17.2 Å². The number of carbonyl (C=O) groups is 1. The summed E-state index contributed by atoms with van der Waals surface area (Å²) in [5.74, 6) is -2.92. The number of alkyl halides is 2. The van der Waals surface area contributed by atoms with Crippen LogP contribution in [0.5, 0.6) is 0 Å². The number of ether oxygens (including phenoxy) is 1. The van der Waals surface area contributed by atoms with E-state index in [4.69, 9.17) is 4.74 Å². The van der Waals surface area contributed by atoms with Gasteiger partial charge in [-0.1, -0.05) is 18.2 Å². The zero-order valence-electron chi connectivity index (χ0n) is 13.4. The number of halogens is 2. The van der Waals surface area contributed by atoms with Gasteiger partial charge in [0.1, 0.15) is 6.10 Å². The lowest BCUT2D eigenvalue weighted by Gasteiger charge is -2.13. The molecular formula is C17H17F2N3O2. The molecule has 1 atom stereocenters. The first-order chi connectivity index (χ1) is 11.3. The Hall–Kier alpha value is -2.57. The van der Waals surface area contributed by atoms with E-state index in [1.807, 2.05) is 6.92 Å². The van der Waals surface area contributed by atoms with Gasteiger partial charge in [-0.2, -0.15) is 0 Å². The first-order valence-corrected chi connectivity index (χ1v) is 7.58. The largest absolute Gasteiger partial charge is 0.444 e. The summed E-state index contributed by atoms with van der Waals surface area (Å²) in [4.78, 5) is 21.8. The van der Waals surface area contributed by atoms with Crippen LogP contribution in [0, 0.1) is 0 Å². The van der Waals surface area contributed by atoms with Crippen molar-refractivity contribution < 1.29 is 18.3 Å². The molecule has 1 aromatic carbocycles. The molecule has 1 aromatic heterocycles. The summed E-state index contributed by atoms with van der Waals surface area (Å²) in [5.41, 5.74) is 1.54. The van der Waals surface area contributed by atoms with Crippen molar-refractivity contribution in [3.63, 3.8) is 0 Å².